The zero-order chi connectivity index (χ0) is 25.4. The minimum absolute atomic E-state index is 0.0355. The summed E-state index contributed by atoms with van der Waals surface area (Å²) in [6, 6.07) is 8.84. The van der Waals surface area contributed by atoms with Gasteiger partial charge in [0.05, 0.1) is 18.4 Å². The molecular weight excluding hydrogens is 476 g/mol. The van der Waals surface area contributed by atoms with Crippen LogP contribution in [0.25, 0.3) is 11.3 Å². The minimum Gasteiger partial charge on any atom is -0.486 e. The van der Waals surface area contributed by atoms with Crippen molar-refractivity contribution in [2.24, 2.45) is 0 Å². The van der Waals surface area contributed by atoms with Crippen LogP contribution in [-0.4, -0.2) is 42.1 Å². The van der Waals surface area contributed by atoms with Gasteiger partial charge in [-0.2, -0.15) is 0 Å². The summed E-state index contributed by atoms with van der Waals surface area (Å²) in [4.78, 5) is 10.5. The molecule has 0 saturated carbocycles. The van der Waals surface area contributed by atoms with Crippen LogP contribution in [0.4, 0.5) is 23.2 Å². The molecule has 1 aromatic heterocycles. The summed E-state index contributed by atoms with van der Waals surface area (Å²) in [5.41, 5.74) is 3.89. The predicted octanol–water partition coefficient (Wildman–Crippen LogP) is 5.03. The molecule has 3 aromatic rings. The van der Waals surface area contributed by atoms with E-state index in [0.29, 0.717) is 31.1 Å². The molecule has 0 spiro atoms. The zero-order valence-corrected chi connectivity index (χ0v) is 20.0. The van der Waals surface area contributed by atoms with Crippen molar-refractivity contribution in [1.82, 2.24) is 15.3 Å². The van der Waals surface area contributed by atoms with Crippen LogP contribution in [-0.2, 0) is 19.4 Å². The largest absolute Gasteiger partial charge is 0.573 e. The second-order valence-electron chi connectivity index (χ2n) is 9.20. The highest BCUT2D eigenvalue weighted by atomic mass is 19.4. The van der Waals surface area contributed by atoms with Crippen molar-refractivity contribution in [2.75, 3.05) is 24.6 Å². The van der Waals surface area contributed by atoms with E-state index in [2.05, 4.69) is 26.1 Å². The number of alkyl halides is 3. The molecule has 0 atom stereocenters. The van der Waals surface area contributed by atoms with Crippen LogP contribution in [0.2, 0.25) is 0 Å². The number of fused-ring (bicyclic) bond motifs is 2. The molecular formula is C26H26F4N4O2. The highest BCUT2D eigenvalue weighted by Gasteiger charge is 2.34. The lowest BCUT2D eigenvalue weighted by Gasteiger charge is -2.34. The highest BCUT2D eigenvalue weighted by Crippen LogP contribution is 2.41. The number of aromatic nitrogens is 2. The number of benzene rings is 2. The minimum atomic E-state index is -4.95. The van der Waals surface area contributed by atoms with E-state index in [0.717, 1.165) is 37.3 Å². The molecule has 3 heterocycles. The van der Waals surface area contributed by atoms with Crippen LogP contribution >= 0.6 is 0 Å². The van der Waals surface area contributed by atoms with Gasteiger partial charge < -0.3 is 19.7 Å². The van der Waals surface area contributed by atoms with Gasteiger partial charge in [-0.15, -0.1) is 13.2 Å². The molecule has 0 bridgehead atoms. The molecule has 36 heavy (non-hydrogen) atoms. The van der Waals surface area contributed by atoms with Gasteiger partial charge in [0.1, 0.15) is 18.1 Å². The van der Waals surface area contributed by atoms with Crippen LogP contribution in [0.1, 0.15) is 36.4 Å². The Morgan fingerprint density at radius 2 is 2.00 bits per heavy atom. The van der Waals surface area contributed by atoms with Gasteiger partial charge in [-0.3, -0.25) is 0 Å². The molecule has 2 aliphatic rings. The molecule has 0 saturated heterocycles. The Hall–Kier alpha value is -3.40. The van der Waals surface area contributed by atoms with Gasteiger partial charge in [0.2, 0.25) is 0 Å². The molecule has 10 heteroatoms. The second kappa shape index (κ2) is 9.57. The van der Waals surface area contributed by atoms with Crippen molar-refractivity contribution in [2.45, 2.75) is 45.6 Å². The summed E-state index contributed by atoms with van der Waals surface area (Å²) in [5.74, 6) is -0.873. The van der Waals surface area contributed by atoms with Crippen LogP contribution in [0.5, 0.6) is 11.5 Å². The third-order valence-corrected chi connectivity index (χ3v) is 6.36. The summed E-state index contributed by atoms with van der Waals surface area (Å²) in [5, 5.41) is 3.32. The maximum Gasteiger partial charge on any atom is 0.573 e. The summed E-state index contributed by atoms with van der Waals surface area (Å²) in [6.45, 7) is 6.45. The summed E-state index contributed by atoms with van der Waals surface area (Å²) in [6.07, 6.45) is -2.74. The van der Waals surface area contributed by atoms with Crippen molar-refractivity contribution in [3.63, 3.8) is 0 Å². The SMILES string of the molecule is CC(C)N1CCOc2c(F)cc(-c3nc(Cc4ccc5c(c4)CCNC5)ncc3OC(F)(F)F)cc21. The number of ether oxygens (including phenoxy) is 2. The van der Waals surface area contributed by atoms with E-state index in [1.165, 1.54) is 11.1 Å². The number of halogens is 4. The van der Waals surface area contributed by atoms with E-state index in [-0.39, 0.29) is 23.0 Å². The van der Waals surface area contributed by atoms with Crippen LogP contribution in [0, 0.1) is 5.82 Å². The quantitative estimate of drug-likeness (QED) is 0.495. The third kappa shape index (κ3) is 5.09. The fourth-order valence-electron chi connectivity index (χ4n) is 4.70. The molecule has 5 rings (SSSR count). The number of anilines is 1. The Morgan fingerprint density at radius 1 is 1.17 bits per heavy atom. The van der Waals surface area contributed by atoms with E-state index in [9.17, 15) is 13.2 Å². The Bertz CT molecular complexity index is 1280. The molecule has 0 amide bonds. The van der Waals surface area contributed by atoms with Crippen molar-refractivity contribution in [1.29, 1.82) is 0 Å². The lowest BCUT2D eigenvalue weighted by molar-refractivity contribution is -0.274. The Morgan fingerprint density at radius 3 is 2.78 bits per heavy atom. The molecule has 0 fully saturated rings. The van der Waals surface area contributed by atoms with Gasteiger partial charge in [0.25, 0.3) is 0 Å². The highest BCUT2D eigenvalue weighted by molar-refractivity contribution is 5.75. The molecule has 0 radical (unpaired) electrons. The Kier molecular flexibility index (Phi) is 6.46. The molecule has 6 nitrogen and oxygen atoms in total. The van der Waals surface area contributed by atoms with E-state index < -0.39 is 17.9 Å². The zero-order valence-electron chi connectivity index (χ0n) is 20.0. The average molecular weight is 503 g/mol. The molecule has 190 valence electrons. The summed E-state index contributed by atoms with van der Waals surface area (Å²) >= 11 is 0. The van der Waals surface area contributed by atoms with E-state index in [1.54, 1.807) is 6.07 Å². The predicted molar refractivity (Wildman–Crippen MR) is 127 cm³/mol. The first kappa shape index (κ1) is 24.3. The van der Waals surface area contributed by atoms with Crippen molar-refractivity contribution >= 4 is 5.69 Å². The lowest BCUT2D eigenvalue weighted by atomic mass is 9.97. The molecule has 1 N–H and O–H groups in total. The van der Waals surface area contributed by atoms with Crippen molar-refractivity contribution < 1.29 is 27.0 Å². The van der Waals surface area contributed by atoms with Crippen LogP contribution in [0.3, 0.4) is 0 Å². The topological polar surface area (TPSA) is 59.5 Å². The summed E-state index contributed by atoms with van der Waals surface area (Å²) in [7, 11) is 0. The standard InChI is InChI=1S/C26H26F4N4O2/c1-15(2)34-7-8-35-25-20(27)11-19(12-21(25)34)24-22(36-26(28,29)30)14-32-23(33-24)10-16-3-4-18-13-31-6-5-17(18)9-16/h3-4,9,11-12,14-15,31H,5-8,10,13H2,1-2H3. The van der Waals surface area contributed by atoms with Crippen LogP contribution < -0.4 is 19.7 Å². The number of nitrogens with zero attached hydrogens (tertiary/aromatic N) is 3. The average Bonchev–Trinajstić information content (AvgIpc) is 2.83. The first-order valence-corrected chi connectivity index (χ1v) is 11.8. The summed E-state index contributed by atoms with van der Waals surface area (Å²) < 4.78 is 64.4. The normalized spacial score (nSPS) is 15.4. The van der Waals surface area contributed by atoms with Gasteiger partial charge >= 0.3 is 6.36 Å². The monoisotopic (exact) mass is 502 g/mol. The van der Waals surface area contributed by atoms with E-state index >= 15 is 4.39 Å². The molecule has 0 unspecified atom stereocenters. The number of hydrogen-bond acceptors (Lipinski definition) is 6. The van der Waals surface area contributed by atoms with E-state index in [1.807, 2.05) is 30.9 Å². The van der Waals surface area contributed by atoms with Crippen LogP contribution in [0.15, 0.2) is 36.5 Å². The fourth-order valence-corrected chi connectivity index (χ4v) is 4.70. The first-order valence-electron chi connectivity index (χ1n) is 11.8. The van der Waals surface area contributed by atoms with Gasteiger partial charge in [-0.25, -0.2) is 14.4 Å². The van der Waals surface area contributed by atoms with E-state index in [4.69, 9.17) is 4.74 Å². The fraction of sp³-hybridized carbons (Fsp3) is 0.385. The maximum absolute atomic E-state index is 15.1. The second-order valence-corrected chi connectivity index (χ2v) is 9.20. The molecule has 2 aliphatic heterocycles. The van der Waals surface area contributed by atoms with Gasteiger partial charge in [-0.1, -0.05) is 18.2 Å². The maximum atomic E-state index is 15.1. The smallest absolute Gasteiger partial charge is 0.486 e. The van der Waals surface area contributed by atoms with Gasteiger partial charge in [0.15, 0.2) is 17.3 Å². The number of nitrogens with one attached hydrogen (secondary N) is 1. The Labute approximate surface area is 206 Å². The van der Waals surface area contributed by atoms with Gasteiger partial charge in [0, 0.05) is 24.6 Å². The molecule has 2 aromatic carbocycles. The van der Waals surface area contributed by atoms with Gasteiger partial charge in [-0.05, 0) is 55.6 Å². The number of rotatable bonds is 5. The third-order valence-electron chi connectivity index (χ3n) is 6.36. The Balaban J connectivity index is 1.56. The van der Waals surface area contributed by atoms with Crippen molar-refractivity contribution in [3.8, 4) is 22.8 Å². The molecule has 0 aliphatic carbocycles. The lowest BCUT2D eigenvalue weighted by Crippen LogP contribution is -2.38. The number of hydrogen-bond donors (Lipinski definition) is 1. The van der Waals surface area contributed by atoms with Crippen molar-refractivity contribution in [3.05, 3.63) is 64.9 Å². The first-order chi connectivity index (χ1) is 17.2.